The van der Waals surface area contributed by atoms with Crippen LogP contribution in [0.2, 0.25) is 0 Å². The van der Waals surface area contributed by atoms with Crippen LogP contribution in [0.15, 0.2) is 72.0 Å². The fraction of sp³-hybridized carbons (Fsp3) is 0.261. The third kappa shape index (κ3) is 6.77. The molecule has 0 radical (unpaired) electrons. The van der Waals surface area contributed by atoms with Crippen LogP contribution < -0.4 is 16.0 Å². The number of anilines is 1. The summed E-state index contributed by atoms with van der Waals surface area (Å²) in [7, 11) is 0. The first kappa shape index (κ1) is 21.1. The summed E-state index contributed by atoms with van der Waals surface area (Å²) < 4.78 is 1.59. The molecule has 3 N–H and O–H groups in total. The summed E-state index contributed by atoms with van der Waals surface area (Å²) in [6, 6.07) is 17.9. The summed E-state index contributed by atoms with van der Waals surface area (Å²) in [5.41, 5.74) is 4.21. The van der Waals surface area contributed by atoms with Crippen molar-refractivity contribution in [1.82, 2.24) is 20.4 Å². The molecule has 0 saturated heterocycles. The molecule has 7 heteroatoms. The van der Waals surface area contributed by atoms with Gasteiger partial charge < -0.3 is 16.0 Å². The van der Waals surface area contributed by atoms with E-state index in [0.29, 0.717) is 13.1 Å². The van der Waals surface area contributed by atoms with Gasteiger partial charge in [0.15, 0.2) is 5.96 Å². The number of hydrogen-bond donors (Lipinski definition) is 3. The van der Waals surface area contributed by atoms with Gasteiger partial charge >= 0.3 is 0 Å². The van der Waals surface area contributed by atoms with Crippen LogP contribution in [0.3, 0.4) is 0 Å². The van der Waals surface area contributed by atoms with Gasteiger partial charge in [0, 0.05) is 31.2 Å². The van der Waals surface area contributed by atoms with E-state index in [9.17, 15) is 4.79 Å². The number of hydrogen-bond acceptors (Lipinski definition) is 3. The van der Waals surface area contributed by atoms with Crippen LogP contribution in [-0.4, -0.2) is 28.2 Å². The van der Waals surface area contributed by atoms with Crippen molar-refractivity contribution >= 4 is 17.6 Å². The van der Waals surface area contributed by atoms with Crippen molar-refractivity contribution < 1.29 is 4.79 Å². The molecular formula is C23H28N6O. The number of carbonyl (C=O) groups excluding carboxylic acids is 1. The molecule has 0 atom stereocenters. The molecule has 30 heavy (non-hydrogen) atoms. The SMILES string of the molecule is CCNC(=NCc1cccc(NC(=O)Cn2cccn2)c1)NCc1ccc(C)cc1. The van der Waals surface area contributed by atoms with Gasteiger partial charge in [-0.3, -0.25) is 9.48 Å². The predicted molar refractivity (Wildman–Crippen MR) is 120 cm³/mol. The number of aromatic nitrogens is 2. The Kier molecular flexibility index (Phi) is 7.60. The van der Waals surface area contributed by atoms with E-state index in [4.69, 9.17) is 0 Å². The van der Waals surface area contributed by atoms with E-state index in [1.165, 1.54) is 11.1 Å². The maximum absolute atomic E-state index is 12.2. The van der Waals surface area contributed by atoms with E-state index in [0.717, 1.165) is 23.8 Å². The molecule has 0 fully saturated rings. The Bertz CT molecular complexity index is 964. The second-order valence-corrected chi connectivity index (χ2v) is 6.99. The normalized spacial score (nSPS) is 11.2. The lowest BCUT2D eigenvalue weighted by Crippen LogP contribution is -2.36. The third-order valence-electron chi connectivity index (χ3n) is 4.42. The number of amides is 1. The van der Waals surface area contributed by atoms with Gasteiger partial charge in [0.25, 0.3) is 0 Å². The lowest BCUT2D eigenvalue weighted by atomic mass is 10.1. The van der Waals surface area contributed by atoms with E-state index >= 15 is 0 Å². The smallest absolute Gasteiger partial charge is 0.246 e. The maximum atomic E-state index is 12.2. The molecule has 3 rings (SSSR count). The number of aliphatic imine (C=N–C) groups is 1. The number of nitrogens with one attached hydrogen (secondary N) is 3. The van der Waals surface area contributed by atoms with Crippen molar-refractivity contribution in [2.45, 2.75) is 33.5 Å². The monoisotopic (exact) mass is 404 g/mol. The molecule has 0 saturated carbocycles. The zero-order chi connectivity index (χ0) is 21.2. The van der Waals surface area contributed by atoms with Gasteiger partial charge in [0.1, 0.15) is 6.54 Å². The van der Waals surface area contributed by atoms with Crippen molar-refractivity contribution in [2.24, 2.45) is 4.99 Å². The average molecular weight is 405 g/mol. The Morgan fingerprint density at radius 1 is 1.07 bits per heavy atom. The van der Waals surface area contributed by atoms with E-state index in [-0.39, 0.29) is 12.5 Å². The zero-order valence-corrected chi connectivity index (χ0v) is 17.4. The summed E-state index contributed by atoms with van der Waals surface area (Å²) in [4.78, 5) is 16.8. The van der Waals surface area contributed by atoms with E-state index < -0.39 is 0 Å². The van der Waals surface area contributed by atoms with Crippen molar-refractivity contribution in [1.29, 1.82) is 0 Å². The molecule has 1 heterocycles. The topological polar surface area (TPSA) is 83.3 Å². The van der Waals surface area contributed by atoms with E-state index in [1.807, 2.05) is 31.2 Å². The van der Waals surface area contributed by atoms with Gasteiger partial charge in [0.2, 0.25) is 5.91 Å². The minimum atomic E-state index is -0.118. The second-order valence-electron chi connectivity index (χ2n) is 6.99. The Labute approximate surface area is 177 Å². The molecule has 7 nitrogen and oxygen atoms in total. The first-order valence-corrected chi connectivity index (χ1v) is 10.1. The molecule has 0 unspecified atom stereocenters. The van der Waals surface area contributed by atoms with E-state index in [2.05, 4.69) is 57.2 Å². The van der Waals surface area contributed by atoms with Gasteiger partial charge in [-0.15, -0.1) is 0 Å². The Morgan fingerprint density at radius 3 is 2.63 bits per heavy atom. The largest absolute Gasteiger partial charge is 0.357 e. The fourth-order valence-electron chi connectivity index (χ4n) is 2.89. The molecule has 0 aliphatic heterocycles. The highest BCUT2D eigenvalue weighted by atomic mass is 16.2. The maximum Gasteiger partial charge on any atom is 0.246 e. The number of carbonyl (C=O) groups is 1. The summed E-state index contributed by atoms with van der Waals surface area (Å²) in [5, 5.41) is 13.6. The van der Waals surface area contributed by atoms with Crippen LogP contribution in [-0.2, 0) is 24.4 Å². The molecule has 0 aliphatic rings. The van der Waals surface area contributed by atoms with Crippen molar-refractivity contribution in [3.05, 3.63) is 83.7 Å². The first-order chi connectivity index (χ1) is 14.6. The first-order valence-electron chi connectivity index (χ1n) is 10.1. The minimum absolute atomic E-state index is 0.118. The third-order valence-corrected chi connectivity index (χ3v) is 4.42. The van der Waals surface area contributed by atoms with E-state index in [1.54, 1.807) is 23.1 Å². The van der Waals surface area contributed by atoms with Crippen LogP contribution in [0.4, 0.5) is 5.69 Å². The molecule has 1 amide bonds. The minimum Gasteiger partial charge on any atom is -0.357 e. The van der Waals surface area contributed by atoms with Crippen LogP contribution in [0.25, 0.3) is 0 Å². The fourth-order valence-corrected chi connectivity index (χ4v) is 2.89. The van der Waals surface area contributed by atoms with Gasteiger partial charge in [-0.1, -0.05) is 42.0 Å². The Balaban J connectivity index is 1.57. The summed E-state index contributed by atoms with van der Waals surface area (Å²) >= 11 is 0. The molecule has 2 aromatic carbocycles. The Hall–Kier alpha value is -3.61. The van der Waals surface area contributed by atoms with Crippen molar-refractivity contribution in [3.63, 3.8) is 0 Å². The second kappa shape index (κ2) is 10.8. The number of benzene rings is 2. The number of guanidine groups is 1. The Morgan fingerprint density at radius 2 is 1.90 bits per heavy atom. The van der Waals surface area contributed by atoms with Crippen molar-refractivity contribution in [2.75, 3.05) is 11.9 Å². The number of rotatable bonds is 8. The molecule has 0 aliphatic carbocycles. The lowest BCUT2D eigenvalue weighted by molar-refractivity contribution is -0.116. The number of nitrogens with zero attached hydrogens (tertiary/aromatic N) is 3. The molecule has 0 spiro atoms. The van der Waals surface area contributed by atoms with Gasteiger partial charge in [-0.2, -0.15) is 5.10 Å². The molecule has 1 aromatic heterocycles. The highest BCUT2D eigenvalue weighted by molar-refractivity contribution is 5.90. The van der Waals surface area contributed by atoms with Gasteiger partial charge in [-0.05, 0) is 43.2 Å². The van der Waals surface area contributed by atoms with Crippen LogP contribution in [0.1, 0.15) is 23.6 Å². The quantitative estimate of drug-likeness (QED) is 0.398. The van der Waals surface area contributed by atoms with Crippen LogP contribution in [0.5, 0.6) is 0 Å². The predicted octanol–water partition coefficient (Wildman–Crippen LogP) is 3.09. The zero-order valence-electron chi connectivity index (χ0n) is 17.4. The highest BCUT2D eigenvalue weighted by Gasteiger charge is 2.05. The summed E-state index contributed by atoms with van der Waals surface area (Å²) in [6.07, 6.45) is 3.41. The molecule has 0 bridgehead atoms. The molecule has 156 valence electrons. The van der Waals surface area contributed by atoms with Gasteiger partial charge in [0.05, 0.1) is 6.54 Å². The summed E-state index contributed by atoms with van der Waals surface area (Å²) in [5.74, 6) is 0.638. The summed E-state index contributed by atoms with van der Waals surface area (Å²) in [6.45, 7) is 6.30. The lowest BCUT2D eigenvalue weighted by Gasteiger charge is -2.12. The van der Waals surface area contributed by atoms with Crippen LogP contribution in [0, 0.1) is 6.92 Å². The average Bonchev–Trinajstić information content (AvgIpc) is 3.24. The molecule has 3 aromatic rings. The number of aryl methyl sites for hydroxylation is 1. The highest BCUT2D eigenvalue weighted by Crippen LogP contribution is 2.12. The standard InChI is InChI=1S/C23H28N6O/c1-3-24-23(25-15-19-10-8-18(2)9-11-19)26-16-20-6-4-7-21(14-20)28-22(30)17-29-13-5-12-27-29/h4-14H,3,15-17H2,1-2H3,(H,28,30)(H2,24,25,26). The van der Waals surface area contributed by atoms with Gasteiger partial charge in [-0.25, -0.2) is 4.99 Å². The van der Waals surface area contributed by atoms with Crippen molar-refractivity contribution in [3.8, 4) is 0 Å². The molecular weight excluding hydrogens is 376 g/mol. The van der Waals surface area contributed by atoms with Crippen LogP contribution >= 0.6 is 0 Å².